The minimum absolute atomic E-state index is 0.0720. The second kappa shape index (κ2) is 6.53. The first-order valence-electron chi connectivity index (χ1n) is 7.24. The van der Waals surface area contributed by atoms with Gasteiger partial charge in [-0.1, -0.05) is 20.3 Å². The van der Waals surface area contributed by atoms with E-state index in [4.69, 9.17) is 9.47 Å². The minimum Gasteiger partial charge on any atom is -0.462 e. The van der Waals surface area contributed by atoms with Gasteiger partial charge in [-0.15, -0.1) is 0 Å². The lowest BCUT2D eigenvalue weighted by molar-refractivity contribution is -0.158. The van der Waals surface area contributed by atoms with Gasteiger partial charge in [0, 0.05) is 6.04 Å². The molecule has 18 heavy (non-hydrogen) atoms. The second-order valence-electron chi connectivity index (χ2n) is 5.55. The van der Waals surface area contributed by atoms with E-state index in [0.717, 1.165) is 13.0 Å². The Hall–Kier alpha value is -0.610. The van der Waals surface area contributed by atoms with Gasteiger partial charge in [0.15, 0.2) is 0 Å². The van der Waals surface area contributed by atoms with Crippen molar-refractivity contribution in [2.45, 2.75) is 51.7 Å². The molecular weight excluding hydrogens is 230 g/mol. The zero-order valence-corrected chi connectivity index (χ0v) is 11.5. The van der Waals surface area contributed by atoms with Crippen LogP contribution in [0.2, 0.25) is 0 Å². The Labute approximate surface area is 109 Å². The maximum atomic E-state index is 12.2. The molecular formula is C14H25NO3. The first-order chi connectivity index (χ1) is 8.72. The van der Waals surface area contributed by atoms with Crippen LogP contribution in [0.4, 0.5) is 0 Å². The molecule has 2 rings (SSSR count). The largest absolute Gasteiger partial charge is 0.462 e. The number of nitrogens with one attached hydrogen (secondary N) is 1. The summed E-state index contributed by atoms with van der Waals surface area (Å²) in [6, 6.07) is 0.126. The van der Waals surface area contributed by atoms with Crippen molar-refractivity contribution in [3.8, 4) is 0 Å². The average Bonchev–Trinajstić information content (AvgIpc) is 2.81. The third kappa shape index (κ3) is 3.23. The Kier molecular flexibility index (Phi) is 5.01. The molecule has 0 aromatic carbocycles. The molecule has 104 valence electrons. The number of ether oxygens (including phenoxy) is 2. The van der Waals surface area contributed by atoms with E-state index >= 15 is 0 Å². The lowest BCUT2D eigenvalue weighted by Gasteiger charge is -2.30. The predicted molar refractivity (Wildman–Crippen MR) is 69.3 cm³/mol. The first-order valence-corrected chi connectivity index (χ1v) is 7.24. The second-order valence-corrected chi connectivity index (χ2v) is 5.55. The smallest absolute Gasteiger partial charge is 0.313 e. The van der Waals surface area contributed by atoms with Crippen molar-refractivity contribution in [1.29, 1.82) is 0 Å². The molecule has 0 radical (unpaired) electrons. The van der Waals surface area contributed by atoms with Crippen LogP contribution in [0.3, 0.4) is 0 Å². The zero-order valence-electron chi connectivity index (χ0n) is 11.5. The molecule has 2 aliphatic rings. The topological polar surface area (TPSA) is 47.6 Å². The molecule has 1 aliphatic heterocycles. The third-order valence-electron chi connectivity index (χ3n) is 4.15. The van der Waals surface area contributed by atoms with Crippen molar-refractivity contribution in [1.82, 2.24) is 5.32 Å². The summed E-state index contributed by atoms with van der Waals surface area (Å²) < 4.78 is 11.1. The summed E-state index contributed by atoms with van der Waals surface area (Å²) in [4.78, 5) is 12.2. The van der Waals surface area contributed by atoms with Crippen molar-refractivity contribution in [2.75, 3.05) is 19.8 Å². The quantitative estimate of drug-likeness (QED) is 0.777. The number of rotatable bonds is 4. The highest BCUT2D eigenvalue weighted by Gasteiger charge is 2.36. The number of hydrogen-bond donors (Lipinski definition) is 1. The Morgan fingerprint density at radius 2 is 2.11 bits per heavy atom. The van der Waals surface area contributed by atoms with Crippen molar-refractivity contribution in [3.63, 3.8) is 0 Å². The molecule has 0 spiro atoms. The van der Waals surface area contributed by atoms with Gasteiger partial charge in [0.1, 0.15) is 6.10 Å². The molecule has 4 atom stereocenters. The number of carbonyl (C=O) groups excluding carboxylic acids is 1. The van der Waals surface area contributed by atoms with Crippen LogP contribution in [0.1, 0.15) is 39.5 Å². The highest BCUT2D eigenvalue weighted by atomic mass is 16.6. The fourth-order valence-electron chi connectivity index (χ4n) is 2.94. The molecule has 1 aliphatic carbocycles. The highest BCUT2D eigenvalue weighted by Crippen LogP contribution is 2.28. The van der Waals surface area contributed by atoms with Gasteiger partial charge in [-0.2, -0.15) is 0 Å². The molecule has 1 heterocycles. The van der Waals surface area contributed by atoms with Gasteiger partial charge < -0.3 is 14.8 Å². The van der Waals surface area contributed by atoms with Crippen molar-refractivity contribution in [3.05, 3.63) is 0 Å². The van der Waals surface area contributed by atoms with Gasteiger partial charge in [-0.25, -0.2) is 0 Å². The van der Waals surface area contributed by atoms with Crippen LogP contribution in [-0.4, -0.2) is 37.9 Å². The Balaban J connectivity index is 1.86. The third-order valence-corrected chi connectivity index (χ3v) is 4.15. The summed E-state index contributed by atoms with van der Waals surface area (Å²) in [7, 11) is 0. The lowest BCUT2D eigenvalue weighted by Crippen LogP contribution is -2.41. The number of hydrogen-bond acceptors (Lipinski definition) is 4. The number of esters is 1. The maximum Gasteiger partial charge on any atom is 0.313 e. The number of likely N-dealkylation sites (N-methyl/N-ethyl adjacent to an activating group) is 1. The van der Waals surface area contributed by atoms with E-state index in [1.54, 1.807) is 0 Å². The molecule has 4 nitrogen and oxygen atoms in total. The van der Waals surface area contributed by atoms with E-state index in [9.17, 15) is 4.79 Å². The van der Waals surface area contributed by atoms with Gasteiger partial charge >= 0.3 is 5.97 Å². The normalized spacial score (nSPS) is 36.6. The molecule has 1 saturated carbocycles. The Bertz CT molecular complexity index is 282. The van der Waals surface area contributed by atoms with Gasteiger partial charge in [0.2, 0.25) is 0 Å². The molecule has 2 fully saturated rings. The molecule has 1 saturated heterocycles. The molecule has 1 N–H and O–H groups in total. The summed E-state index contributed by atoms with van der Waals surface area (Å²) >= 11 is 0. The molecule has 0 bridgehead atoms. The van der Waals surface area contributed by atoms with Crippen LogP contribution in [0, 0.1) is 11.8 Å². The van der Waals surface area contributed by atoms with Crippen molar-refractivity contribution < 1.29 is 14.3 Å². The molecule has 0 aromatic rings. The van der Waals surface area contributed by atoms with E-state index in [-0.39, 0.29) is 24.0 Å². The van der Waals surface area contributed by atoms with Crippen LogP contribution >= 0.6 is 0 Å². The van der Waals surface area contributed by atoms with E-state index in [1.807, 2.05) is 6.92 Å². The fourth-order valence-corrected chi connectivity index (χ4v) is 2.94. The van der Waals surface area contributed by atoms with E-state index in [1.165, 1.54) is 19.3 Å². The van der Waals surface area contributed by atoms with Crippen molar-refractivity contribution in [2.24, 2.45) is 11.8 Å². The highest BCUT2D eigenvalue weighted by molar-refractivity contribution is 5.74. The standard InChI is InChI=1S/C14H25NO3/c1-3-15-12-9-17-8-11(12)14(16)18-13-7-5-4-6-10(13)2/h10-13,15H,3-9H2,1-2H3. The van der Waals surface area contributed by atoms with Crippen LogP contribution < -0.4 is 5.32 Å². The van der Waals surface area contributed by atoms with Crippen LogP contribution in [0.25, 0.3) is 0 Å². The van der Waals surface area contributed by atoms with Crippen LogP contribution in [0.15, 0.2) is 0 Å². The molecule has 0 amide bonds. The fraction of sp³-hybridized carbons (Fsp3) is 0.929. The van der Waals surface area contributed by atoms with Crippen LogP contribution in [0.5, 0.6) is 0 Å². The lowest BCUT2D eigenvalue weighted by atomic mass is 9.88. The van der Waals surface area contributed by atoms with E-state index in [0.29, 0.717) is 19.1 Å². The van der Waals surface area contributed by atoms with Crippen LogP contribution in [-0.2, 0) is 14.3 Å². The summed E-state index contributed by atoms with van der Waals surface area (Å²) in [5, 5.41) is 3.30. The van der Waals surface area contributed by atoms with Crippen molar-refractivity contribution >= 4 is 5.97 Å². The molecule has 4 heteroatoms. The minimum atomic E-state index is -0.126. The Morgan fingerprint density at radius 1 is 1.33 bits per heavy atom. The van der Waals surface area contributed by atoms with Gasteiger partial charge in [-0.05, 0) is 31.7 Å². The summed E-state index contributed by atoms with van der Waals surface area (Å²) in [5.74, 6) is 0.305. The van der Waals surface area contributed by atoms with E-state index in [2.05, 4.69) is 12.2 Å². The maximum absolute atomic E-state index is 12.2. The monoisotopic (exact) mass is 255 g/mol. The molecule has 0 aromatic heterocycles. The van der Waals surface area contributed by atoms with Gasteiger partial charge in [-0.3, -0.25) is 4.79 Å². The average molecular weight is 255 g/mol. The van der Waals surface area contributed by atoms with Gasteiger partial charge in [0.25, 0.3) is 0 Å². The first kappa shape index (κ1) is 13.8. The molecule has 4 unspecified atom stereocenters. The summed E-state index contributed by atoms with van der Waals surface area (Å²) in [6.07, 6.45) is 4.76. The SMILES string of the molecule is CCNC1COCC1C(=O)OC1CCCCC1C. The summed E-state index contributed by atoms with van der Waals surface area (Å²) in [6.45, 7) is 6.21. The van der Waals surface area contributed by atoms with E-state index < -0.39 is 0 Å². The van der Waals surface area contributed by atoms with Gasteiger partial charge in [0.05, 0.1) is 19.1 Å². The predicted octanol–water partition coefficient (Wildman–Crippen LogP) is 1.73. The Morgan fingerprint density at radius 3 is 2.83 bits per heavy atom. The summed E-state index contributed by atoms with van der Waals surface area (Å²) in [5.41, 5.74) is 0. The zero-order chi connectivity index (χ0) is 13.0. The number of carbonyl (C=O) groups is 1.